The second kappa shape index (κ2) is 9.82. The summed E-state index contributed by atoms with van der Waals surface area (Å²) in [6.45, 7) is 0.901. The summed E-state index contributed by atoms with van der Waals surface area (Å²) in [4.78, 5) is 20.1. The molecule has 1 heterocycles. The largest absolute Gasteiger partial charge is 0.473 e. The maximum absolute atomic E-state index is 12.1. The van der Waals surface area contributed by atoms with Crippen LogP contribution in [-0.4, -0.2) is 36.9 Å². The number of nitrogens with two attached hydrogens (primary N) is 1. The highest BCUT2D eigenvalue weighted by molar-refractivity contribution is 7.79. The van der Waals surface area contributed by atoms with Crippen LogP contribution in [-0.2, 0) is 24.2 Å². The molecule has 1 amide bonds. The van der Waals surface area contributed by atoms with Gasteiger partial charge in [-0.2, -0.15) is 0 Å². The molecule has 1 atom stereocenters. The van der Waals surface area contributed by atoms with Crippen LogP contribution < -0.4 is 15.8 Å². The highest BCUT2D eigenvalue weighted by Gasteiger charge is 2.07. The fraction of sp³-hybridized carbons (Fsp3) is 0.312. The third kappa shape index (κ3) is 6.57. The van der Waals surface area contributed by atoms with Gasteiger partial charge in [-0.15, -0.1) is 0 Å². The van der Waals surface area contributed by atoms with Crippen molar-refractivity contribution in [1.29, 1.82) is 0 Å². The maximum atomic E-state index is 12.1. The molecule has 0 bridgehead atoms. The Kier molecular flexibility index (Phi) is 7.45. The molecule has 0 aliphatic rings. The van der Waals surface area contributed by atoms with Gasteiger partial charge in [-0.05, 0) is 24.1 Å². The predicted molar refractivity (Wildman–Crippen MR) is 93.3 cm³/mol. The third-order valence-corrected chi connectivity index (χ3v) is 3.90. The maximum Gasteiger partial charge on any atom is 0.251 e. The molecule has 134 valence electrons. The van der Waals surface area contributed by atoms with Crippen molar-refractivity contribution >= 4 is 17.0 Å². The Morgan fingerprint density at radius 3 is 2.92 bits per heavy atom. The summed E-state index contributed by atoms with van der Waals surface area (Å²) in [5, 5.41) is 2.71. The molecule has 0 radical (unpaired) electrons. The fourth-order valence-electron chi connectivity index (χ4n) is 2.03. The molecule has 0 aliphatic heterocycles. The van der Waals surface area contributed by atoms with E-state index in [9.17, 15) is 9.00 Å². The van der Waals surface area contributed by atoms with Crippen molar-refractivity contribution in [3.63, 3.8) is 0 Å². The molecular weight excluding hydrogens is 344 g/mol. The van der Waals surface area contributed by atoms with Gasteiger partial charge in [0.05, 0.1) is 11.4 Å². The molecule has 1 aromatic heterocycles. The van der Waals surface area contributed by atoms with Crippen LogP contribution in [0.15, 0.2) is 36.7 Å². The molecule has 25 heavy (non-hydrogen) atoms. The quantitative estimate of drug-likeness (QED) is 0.445. The number of hydrogen-bond donors (Lipinski definition) is 3. The number of carbonyl (C=O) groups excluding carboxylic acids is 1. The summed E-state index contributed by atoms with van der Waals surface area (Å²) in [6.07, 6.45) is 1.83. The molecule has 0 saturated carbocycles. The molecule has 1 aromatic carbocycles. The number of hydrogen-bond acceptors (Lipinski definition) is 6. The SMILES string of the molecule is NCc1cc(OCc2cccc(C(=O)NCCCS(=O)O)c2)ncn1. The van der Waals surface area contributed by atoms with Crippen LogP contribution in [0, 0.1) is 0 Å². The van der Waals surface area contributed by atoms with Crippen molar-refractivity contribution in [2.24, 2.45) is 5.73 Å². The van der Waals surface area contributed by atoms with E-state index < -0.39 is 11.1 Å². The molecule has 8 nitrogen and oxygen atoms in total. The minimum absolute atomic E-state index is 0.137. The third-order valence-electron chi connectivity index (χ3n) is 3.26. The number of aromatic nitrogens is 2. The first-order valence-electron chi connectivity index (χ1n) is 7.67. The minimum atomic E-state index is -1.84. The summed E-state index contributed by atoms with van der Waals surface area (Å²) >= 11 is -1.84. The number of nitrogens with zero attached hydrogens (tertiary/aromatic N) is 2. The van der Waals surface area contributed by atoms with Crippen molar-refractivity contribution < 1.29 is 18.3 Å². The zero-order valence-corrected chi connectivity index (χ0v) is 14.4. The zero-order valence-electron chi connectivity index (χ0n) is 13.6. The predicted octanol–water partition coefficient (Wildman–Crippen LogP) is 0.856. The first kappa shape index (κ1) is 19.0. The molecule has 0 fully saturated rings. The Bertz CT molecular complexity index is 742. The van der Waals surface area contributed by atoms with Gasteiger partial charge in [-0.25, -0.2) is 14.2 Å². The van der Waals surface area contributed by atoms with Crippen LogP contribution in [0.3, 0.4) is 0 Å². The second-order valence-electron chi connectivity index (χ2n) is 5.18. The minimum Gasteiger partial charge on any atom is -0.473 e. The Balaban J connectivity index is 1.89. The van der Waals surface area contributed by atoms with E-state index in [1.165, 1.54) is 6.33 Å². The van der Waals surface area contributed by atoms with Crippen LogP contribution in [0.1, 0.15) is 28.0 Å². The lowest BCUT2D eigenvalue weighted by Gasteiger charge is -2.08. The average molecular weight is 364 g/mol. The first-order valence-corrected chi connectivity index (χ1v) is 8.94. The van der Waals surface area contributed by atoms with E-state index in [1.807, 2.05) is 6.07 Å². The lowest BCUT2D eigenvalue weighted by Crippen LogP contribution is -2.25. The van der Waals surface area contributed by atoms with Gasteiger partial charge in [0.25, 0.3) is 5.91 Å². The number of nitrogens with one attached hydrogen (secondary N) is 1. The average Bonchev–Trinajstić information content (AvgIpc) is 2.63. The van der Waals surface area contributed by atoms with Gasteiger partial charge in [0.15, 0.2) is 11.1 Å². The number of benzene rings is 1. The van der Waals surface area contributed by atoms with E-state index in [4.69, 9.17) is 15.0 Å². The topological polar surface area (TPSA) is 127 Å². The van der Waals surface area contributed by atoms with Crippen LogP contribution in [0.4, 0.5) is 0 Å². The van der Waals surface area contributed by atoms with E-state index in [0.717, 1.165) is 5.56 Å². The van der Waals surface area contributed by atoms with Crippen molar-refractivity contribution in [2.75, 3.05) is 12.3 Å². The van der Waals surface area contributed by atoms with Gasteiger partial charge >= 0.3 is 0 Å². The highest BCUT2D eigenvalue weighted by Crippen LogP contribution is 2.11. The number of ether oxygens (including phenoxy) is 1. The molecule has 1 unspecified atom stereocenters. The normalized spacial score (nSPS) is 11.8. The second-order valence-corrected chi connectivity index (χ2v) is 6.23. The standard InChI is InChI=1S/C16H20N4O4S/c17-9-14-8-15(20-11-19-14)24-10-12-3-1-4-13(7-12)16(21)18-5-2-6-25(22)23/h1,3-4,7-8,11H,2,5-6,9-10,17H2,(H,18,21)(H,22,23). The van der Waals surface area contributed by atoms with E-state index in [0.29, 0.717) is 36.6 Å². The Hall–Kier alpha value is -2.36. The van der Waals surface area contributed by atoms with Gasteiger partial charge in [-0.3, -0.25) is 4.79 Å². The molecular formula is C16H20N4O4S. The Morgan fingerprint density at radius 2 is 2.16 bits per heavy atom. The van der Waals surface area contributed by atoms with Gasteiger partial charge in [0.2, 0.25) is 5.88 Å². The van der Waals surface area contributed by atoms with Crippen molar-refractivity contribution in [3.8, 4) is 5.88 Å². The lowest BCUT2D eigenvalue weighted by atomic mass is 10.1. The molecule has 4 N–H and O–H groups in total. The lowest BCUT2D eigenvalue weighted by molar-refractivity contribution is 0.0953. The van der Waals surface area contributed by atoms with E-state index in [2.05, 4.69) is 15.3 Å². The number of rotatable bonds is 9. The van der Waals surface area contributed by atoms with Gasteiger partial charge in [-0.1, -0.05) is 12.1 Å². The molecule has 2 rings (SSSR count). The monoisotopic (exact) mass is 364 g/mol. The van der Waals surface area contributed by atoms with Gasteiger partial charge in [0, 0.05) is 24.7 Å². The van der Waals surface area contributed by atoms with Crippen molar-refractivity contribution in [1.82, 2.24) is 15.3 Å². The highest BCUT2D eigenvalue weighted by atomic mass is 32.2. The molecule has 2 aromatic rings. The summed E-state index contributed by atoms with van der Waals surface area (Å²) in [5.41, 5.74) is 7.52. The molecule has 0 aliphatic carbocycles. The van der Waals surface area contributed by atoms with Gasteiger partial charge in [0.1, 0.15) is 12.9 Å². The summed E-state index contributed by atoms with van der Waals surface area (Å²) < 4.78 is 24.8. The van der Waals surface area contributed by atoms with Crippen LogP contribution in [0.5, 0.6) is 5.88 Å². The summed E-state index contributed by atoms with van der Waals surface area (Å²) in [7, 11) is 0. The molecule has 9 heteroatoms. The fourth-order valence-corrected chi connectivity index (χ4v) is 2.42. The summed E-state index contributed by atoms with van der Waals surface area (Å²) in [5.74, 6) is 0.318. The van der Waals surface area contributed by atoms with E-state index in [-0.39, 0.29) is 18.3 Å². The van der Waals surface area contributed by atoms with Crippen LogP contribution in [0.2, 0.25) is 0 Å². The van der Waals surface area contributed by atoms with E-state index in [1.54, 1.807) is 24.3 Å². The summed E-state index contributed by atoms with van der Waals surface area (Å²) in [6, 6.07) is 8.70. The molecule has 0 spiro atoms. The van der Waals surface area contributed by atoms with Gasteiger partial charge < -0.3 is 20.3 Å². The number of amides is 1. The zero-order chi connectivity index (χ0) is 18.1. The number of carbonyl (C=O) groups is 1. The van der Waals surface area contributed by atoms with Crippen molar-refractivity contribution in [3.05, 3.63) is 53.5 Å². The van der Waals surface area contributed by atoms with Crippen LogP contribution >= 0.6 is 0 Å². The van der Waals surface area contributed by atoms with Crippen molar-refractivity contribution in [2.45, 2.75) is 19.6 Å². The Morgan fingerprint density at radius 1 is 1.32 bits per heavy atom. The Labute approximate surface area is 148 Å². The molecule has 0 saturated heterocycles. The first-order chi connectivity index (χ1) is 12.1. The van der Waals surface area contributed by atoms with Crippen LogP contribution in [0.25, 0.3) is 0 Å². The van der Waals surface area contributed by atoms with E-state index >= 15 is 0 Å². The smallest absolute Gasteiger partial charge is 0.251 e.